The average molecular weight is 375 g/mol. The molecule has 2 amide bonds. The van der Waals surface area contributed by atoms with Crippen LogP contribution in [0.3, 0.4) is 0 Å². The fourth-order valence-corrected chi connectivity index (χ4v) is 2.39. The van der Waals surface area contributed by atoms with Gasteiger partial charge in [0.05, 0.1) is 16.3 Å². The lowest BCUT2D eigenvalue weighted by molar-refractivity contribution is -0.122. The third kappa shape index (κ3) is 5.23. The van der Waals surface area contributed by atoms with Crippen LogP contribution in [0.1, 0.15) is 37.6 Å². The van der Waals surface area contributed by atoms with E-state index in [2.05, 4.69) is 10.6 Å². The summed E-state index contributed by atoms with van der Waals surface area (Å²) < 4.78 is 5.62. The molecule has 2 aromatic carbocycles. The minimum absolute atomic E-state index is 0.0498. The zero-order chi connectivity index (χ0) is 19.1. The Hall–Kier alpha value is -2.53. The second-order valence-electron chi connectivity index (χ2n) is 6.01. The highest BCUT2D eigenvalue weighted by molar-refractivity contribution is 6.32. The van der Waals surface area contributed by atoms with Gasteiger partial charge in [-0.25, -0.2) is 0 Å². The maximum absolute atomic E-state index is 12.5. The predicted octanol–water partition coefficient (Wildman–Crippen LogP) is 4.27. The van der Waals surface area contributed by atoms with Crippen LogP contribution in [0.5, 0.6) is 5.75 Å². The Kier molecular flexibility index (Phi) is 7.04. The molecular formula is C20H23ClN2O3. The molecule has 6 heteroatoms. The molecule has 0 radical (unpaired) electrons. The third-order valence-electron chi connectivity index (χ3n) is 3.93. The molecule has 0 aliphatic carbocycles. The number of rotatable bonds is 7. The van der Waals surface area contributed by atoms with Crippen LogP contribution in [0.25, 0.3) is 0 Å². The average Bonchev–Trinajstić information content (AvgIpc) is 2.63. The summed E-state index contributed by atoms with van der Waals surface area (Å²) in [5, 5.41) is 6.08. The number of halogens is 1. The van der Waals surface area contributed by atoms with Gasteiger partial charge in [-0.05, 0) is 44.5 Å². The van der Waals surface area contributed by atoms with Gasteiger partial charge in [-0.3, -0.25) is 9.59 Å². The molecule has 0 aliphatic heterocycles. The number of carbonyl (C=O) groups is 2. The first-order valence-electron chi connectivity index (χ1n) is 8.54. The number of benzene rings is 2. The number of nitrogens with one attached hydrogen (secondary N) is 2. The van der Waals surface area contributed by atoms with E-state index in [4.69, 9.17) is 16.3 Å². The zero-order valence-corrected chi connectivity index (χ0v) is 15.8. The van der Waals surface area contributed by atoms with Gasteiger partial charge in [0.2, 0.25) is 0 Å². The van der Waals surface area contributed by atoms with Gasteiger partial charge < -0.3 is 15.4 Å². The van der Waals surface area contributed by atoms with E-state index >= 15 is 0 Å². The summed E-state index contributed by atoms with van der Waals surface area (Å²) in [5.74, 6) is -0.164. The SMILES string of the molecule is CC[C@@H](C)NC(=O)c1ccccc1NC(=O)[C@@H](C)Oc1ccccc1Cl. The van der Waals surface area contributed by atoms with Crippen molar-refractivity contribution >= 4 is 29.1 Å². The summed E-state index contributed by atoms with van der Waals surface area (Å²) in [6.07, 6.45) is 0.0452. The molecule has 0 saturated heterocycles. The summed E-state index contributed by atoms with van der Waals surface area (Å²) in [7, 11) is 0. The molecule has 0 bridgehead atoms. The quantitative estimate of drug-likeness (QED) is 0.760. The van der Waals surface area contributed by atoms with Crippen molar-refractivity contribution in [1.82, 2.24) is 5.32 Å². The van der Waals surface area contributed by atoms with Crippen molar-refractivity contribution in [3.05, 3.63) is 59.1 Å². The van der Waals surface area contributed by atoms with Gasteiger partial charge in [0.1, 0.15) is 5.75 Å². The van der Waals surface area contributed by atoms with Crippen LogP contribution in [0.15, 0.2) is 48.5 Å². The van der Waals surface area contributed by atoms with Gasteiger partial charge in [-0.2, -0.15) is 0 Å². The Bertz CT molecular complexity index is 779. The fraction of sp³-hybridized carbons (Fsp3) is 0.300. The van der Waals surface area contributed by atoms with Gasteiger partial charge in [-0.15, -0.1) is 0 Å². The van der Waals surface area contributed by atoms with Crippen LogP contribution in [-0.4, -0.2) is 24.0 Å². The van der Waals surface area contributed by atoms with E-state index in [9.17, 15) is 9.59 Å². The molecule has 0 heterocycles. The molecule has 0 aliphatic rings. The summed E-state index contributed by atoms with van der Waals surface area (Å²) in [5.41, 5.74) is 0.846. The summed E-state index contributed by atoms with van der Waals surface area (Å²) in [6, 6.07) is 13.9. The Balaban J connectivity index is 2.09. The molecule has 2 atom stereocenters. The van der Waals surface area contributed by atoms with E-state index in [0.29, 0.717) is 22.0 Å². The first-order chi connectivity index (χ1) is 12.4. The van der Waals surface area contributed by atoms with Crippen LogP contribution >= 0.6 is 11.6 Å². The Morgan fingerprint density at radius 3 is 2.42 bits per heavy atom. The van der Waals surface area contributed by atoms with E-state index in [1.165, 1.54) is 0 Å². The Morgan fingerprint density at radius 1 is 1.08 bits per heavy atom. The molecule has 0 fully saturated rings. The Labute approximate surface area is 158 Å². The smallest absolute Gasteiger partial charge is 0.265 e. The van der Waals surface area contributed by atoms with Crippen molar-refractivity contribution in [2.75, 3.05) is 5.32 Å². The highest BCUT2D eigenvalue weighted by Crippen LogP contribution is 2.24. The first kappa shape index (κ1) is 19.8. The van der Waals surface area contributed by atoms with Gasteiger partial charge in [-0.1, -0.05) is 42.8 Å². The molecule has 0 saturated carbocycles. The fourth-order valence-electron chi connectivity index (χ4n) is 2.21. The van der Waals surface area contributed by atoms with Crippen LogP contribution in [-0.2, 0) is 4.79 Å². The number of para-hydroxylation sites is 2. The van der Waals surface area contributed by atoms with E-state index in [1.807, 2.05) is 13.8 Å². The molecular weight excluding hydrogens is 352 g/mol. The Morgan fingerprint density at radius 2 is 1.73 bits per heavy atom. The lowest BCUT2D eigenvalue weighted by Gasteiger charge is -2.18. The predicted molar refractivity (Wildman–Crippen MR) is 104 cm³/mol. The van der Waals surface area contributed by atoms with Gasteiger partial charge in [0.15, 0.2) is 6.10 Å². The molecule has 26 heavy (non-hydrogen) atoms. The van der Waals surface area contributed by atoms with Crippen LogP contribution in [0, 0.1) is 0 Å². The van der Waals surface area contributed by atoms with E-state index in [0.717, 1.165) is 6.42 Å². The molecule has 2 aromatic rings. The highest BCUT2D eigenvalue weighted by atomic mass is 35.5. The van der Waals surface area contributed by atoms with Crippen LogP contribution in [0.2, 0.25) is 5.02 Å². The standard InChI is InChI=1S/C20H23ClN2O3/c1-4-13(2)22-20(25)15-9-5-7-11-17(15)23-19(24)14(3)26-18-12-8-6-10-16(18)21/h5-14H,4H2,1-3H3,(H,22,25)(H,23,24)/t13-,14-/m1/s1. The summed E-state index contributed by atoms with van der Waals surface area (Å²) >= 11 is 6.05. The number of carbonyl (C=O) groups excluding carboxylic acids is 2. The van der Waals surface area contributed by atoms with E-state index in [-0.39, 0.29) is 17.9 Å². The maximum Gasteiger partial charge on any atom is 0.265 e. The minimum atomic E-state index is -0.777. The molecule has 0 spiro atoms. The van der Waals surface area contributed by atoms with Crippen molar-refractivity contribution in [2.24, 2.45) is 0 Å². The number of hydrogen-bond acceptors (Lipinski definition) is 3. The van der Waals surface area contributed by atoms with Crippen molar-refractivity contribution in [3.63, 3.8) is 0 Å². The van der Waals surface area contributed by atoms with Crippen LogP contribution in [0.4, 0.5) is 5.69 Å². The number of hydrogen-bond donors (Lipinski definition) is 2. The minimum Gasteiger partial charge on any atom is -0.479 e. The van der Waals surface area contributed by atoms with E-state index in [1.54, 1.807) is 55.5 Å². The maximum atomic E-state index is 12.5. The molecule has 0 aromatic heterocycles. The summed E-state index contributed by atoms with van der Waals surface area (Å²) in [6.45, 7) is 5.55. The zero-order valence-electron chi connectivity index (χ0n) is 15.1. The normalized spacial score (nSPS) is 12.8. The van der Waals surface area contributed by atoms with E-state index < -0.39 is 6.10 Å². The van der Waals surface area contributed by atoms with Crippen molar-refractivity contribution in [2.45, 2.75) is 39.3 Å². The molecule has 0 unspecified atom stereocenters. The van der Waals surface area contributed by atoms with Gasteiger partial charge >= 0.3 is 0 Å². The van der Waals surface area contributed by atoms with Crippen molar-refractivity contribution in [1.29, 1.82) is 0 Å². The topological polar surface area (TPSA) is 67.4 Å². The largest absolute Gasteiger partial charge is 0.479 e. The van der Waals surface area contributed by atoms with Crippen molar-refractivity contribution in [3.8, 4) is 5.75 Å². The molecule has 2 N–H and O–H groups in total. The van der Waals surface area contributed by atoms with Crippen molar-refractivity contribution < 1.29 is 14.3 Å². The number of anilines is 1. The first-order valence-corrected chi connectivity index (χ1v) is 8.92. The second-order valence-corrected chi connectivity index (χ2v) is 6.42. The number of amides is 2. The monoisotopic (exact) mass is 374 g/mol. The third-order valence-corrected chi connectivity index (χ3v) is 4.24. The molecule has 2 rings (SSSR count). The lowest BCUT2D eigenvalue weighted by atomic mass is 10.1. The summed E-state index contributed by atoms with van der Waals surface area (Å²) in [4.78, 5) is 24.9. The van der Waals surface area contributed by atoms with Gasteiger partial charge in [0.25, 0.3) is 11.8 Å². The number of ether oxygens (including phenoxy) is 1. The lowest BCUT2D eigenvalue weighted by Crippen LogP contribution is -2.34. The molecule has 5 nitrogen and oxygen atoms in total. The highest BCUT2D eigenvalue weighted by Gasteiger charge is 2.19. The molecule has 138 valence electrons. The van der Waals surface area contributed by atoms with Crippen LogP contribution < -0.4 is 15.4 Å². The van der Waals surface area contributed by atoms with Gasteiger partial charge in [0, 0.05) is 6.04 Å². The second kappa shape index (κ2) is 9.25.